The van der Waals surface area contributed by atoms with E-state index in [0.29, 0.717) is 6.42 Å². The van der Waals surface area contributed by atoms with E-state index in [1.54, 1.807) is 7.05 Å². The van der Waals surface area contributed by atoms with E-state index in [4.69, 9.17) is 0 Å². The Bertz CT molecular complexity index is 446. The zero-order chi connectivity index (χ0) is 18.8. The topological polar surface area (TPSA) is 109 Å². The predicted molar refractivity (Wildman–Crippen MR) is 92.1 cm³/mol. The first kappa shape index (κ1) is 21.9. The molecule has 0 rings (SSSR count). The lowest BCUT2D eigenvalue weighted by molar-refractivity contribution is -0.140. The molecule has 0 aromatic heterocycles. The fraction of sp³-hybridized carbons (Fsp3) is 0.688. The van der Waals surface area contributed by atoms with Gasteiger partial charge in [0.25, 0.3) is 0 Å². The van der Waals surface area contributed by atoms with Gasteiger partial charge in [-0.1, -0.05) is 6.58 Å². The molecule has 0 aliphatic rings. The lowest BCUT2D eigenvalue weighted by Gasteiger charge is -2.25. The van der Waals surface area contributed by atoms with Crippen LogP contribution in [-0.4, -0.2) is 56.1 Å². The molecule has 24 heavy (non-hydrogen) atoms. The SMILES string of the molecule is C=CN[C@@H](CNC(=O)[C@H](CCC(=O)OC)NC)C(=O)NC(C)(C)C. The maximum atomic E-state index is 12.2. The highest BCUT2D eigenvalue weighted by atomic mass is 16.5. The van der Waals surface area contributed by atoms with Crippen LogP contribution < -0.4 is 21.3 Å². The monoisotopic (exact) mass is 342 g/mol. The minimum absolute atomic E-state index is 0.100. The second kappa shape index (κ2) is 10.6. The van der Waals surface area contributed by atoms with Crippen molar-refractivity contribution in [2.75, 3.05) is 20.7 Å². The van der Waals surface area contributed by atoms with E-state index in [2.05, 4.69) is 32.6 Å². The van der Waals surface area contributed by atoms with Gasteiger partial charge in [-0.2, -0.15) is 0 Å². The summed E-state index contributed by atoms with van der Waals surface area (Å²) < 4.78 is 4.56. The summed E-state index contributed by atoms with van der Waals surface area (Å²) in [4.78, 5) is 35.6. The molecule has 0 aliphatic carbocycles. The first-order valence-corrected chi connectivity index (χ1v) is 7.85. The van der Waals surface area contributed by atoms with E-state index in [1.807, 2.05) is 20.8 Å². The molecular formula is C16H30N4O4. The molecule has 0 unspecified atom stereocenters. The van der Waals surface area contributed by atoms with Crippen LogP contribution in [0.15, 0.2) is 12.8 Å². The van der Waals surface area contributed by atoms with Crippen LogP contribution in [0.25, 0.3) is 0 Å². The zero-order valence-electron chi connectivity index (χ0n) is 15.2. The highest BCUT2D eigenvalue weighted by molar-refractivity contribution is 5.85. The third kappa shape index (κ3) is 9.14. The van der Waals surface area contributed by atoms with Crippen LogP contribution in [0, 0.1) is 0 Å². The Hall–Kier alpha value is -2.09. The standard InChI is InChI=1S/C16H30N4O4/c1-7-18-12(15(23)20-16(2,3)4)10-19-14(22)11(17-5)8-9-13(21)24-6/h7,11-12,17-18H,1,8-10H2,2-6H3,(H,19,22)(H,20,23)/t11-,12-/m0/s1. The van der Waals surface area contributed by atoms with E-state index in [0.717, 1.165) is 0 Å². The van der Waals surface area contributed by atoms with Gasteiger partial charge in [0.05, 0.1) is 13.2 Å². The number of likely N-dealkylation sites (N-methyl/N-ethyl adjacent to an activating group) is 1. The van der Waals surface area contributed by atoms with Gasteiger partial charge in [-0.25, -0.2) is 0 Å². The van der Waals surface area contributed by atoms with Crippen LogP contribution in [0.4, 0.5) is 0 Å². The molecule has 2 atom stereocenters. The number of ether oxygens (including phenoxy) is 1. The second-order valence-corrected chi connectivity index (χ2v) is 6.36. The van der Waals surface area contributed by atoms with E-state index in [9.17, 15) is 14.4 Å². The highest BCUT2D eigenvalue weighted by Gasteiger charge is 2.24. The fourth-order valence-corrected chi connectivity index (χ4v) is 1.92. The number of carbonyl (C=O) groups excluding carboxylic acids is 3. The minimum atomic E-state index is -0.635. The average molecular weight is 342 g/mol. The number of amides is 2. The summed E-state index contributed by atoms with van der Waals surface area (Å²) in [6, 6.07) is -1.18. The number of hydrogen-bond acceptors (Lipinski definition) is 6. The van der Waals surface area contributed by atoms with Crippen molar-refractivity contribution in [1.29, 1.82) is 0 Å². The number of rotatable bonds is 10. The van der Waals surface area contributed by atoms with Gasteiger partial charge < -0.3 is 26.0 Å². The Morgan fingerprint density at radius 2 is 1.79 bits per heavy atom. The highest BCUT2D eigenvalue weighted by Crippen LogP contribution is 2.01. The largest absolute Gasteiger partial charge is 0.469 e. The summed E-state index contributed by atoms with van der Waals surface area (Å²) in [5, 5.41) is 11.2. The minimum Gasteiger partial charge on any atom is -0.469 e. The van der Waals surface area contributed by atoms with Crippen molar-refractivity contribution in [1.82, 2.24) is 21.3 Å². The molecule has 0 radical (unpaired) electrons. The molecule has 0 fully saturated rings. The Balaban J connectivity index is 4.60. The predicted octanol–water partition coefficient (Wildman–Crippen LogP) is -0.340. The fourth-order valence-electron chi connectivity index (χ4n) is 1.92. The molecule has 2 amide bonds. The van der Waals surface area contributed by atoms with Crippen molar-refractivity contribution >= 4 is 17.8 Å². The van der Waals surface area contributed by atoms with Crippen molar-refractivity contribution in [2.45, 2.75) is 51.2 Å². The molecule has 8 nitrogen and oxygen atoms in total. The Kier molecular flexibility index (Phi) is 9.71. The number of methoxy groups -OCH3 is 1. The summed E-state index contributed by atoms with van der Waals surface area (Å²) >= 11 is 0. The summed E-state index contributed by atoms with van der Waals surface area (Å²) in [5.74, 6) is -0.905. The first-order valence-electron chi connectivity index (χ1n) is 7.85. The molecule has 0 saturated carbocycles. The molecule has 4 N–H and O–H groups in total. The molecule has 0 heterocycles. The molecule has 8 heteroatoms. The van der Waals surface area contributed by atoms with Crippen molar-refractivity contribution in [2.24, 2.45) is 0 Å². The van der Waals surface area contributed by atoms with Gasteiger partial charge in [-0.05, 0) is 40.4 Å². The molecular weight excluding hydrogens is 312 g/mol. The van der Waals surface area contributed by atoms with E-state index >= 15 is 0 Å². The molecule has 0 saturated heterocycles. The lowest BCUT2D eigenvalue weighted by atomic mass is 10.1. The maximum Gasteiger partial charge on any atom is 0.305 e. The molecule has 0 aromatic rings. The van der Waals surface area contributed by atoms with Crippen LogP contribution in [-0.2, 0) is 19.1 Å². The number of hydrogen-bond donors (Lipinski definition) is 4. The zero-order valence-corrected chi connectivity index (χ0v) is 15.2. The van der Waals surface area contributed by atoms with Crippen LogP contribution in [0.5, 0.6) is 0 Å². The van der Waals surface area contributed by atoms with Gasteiger partial charge in [0, 0.05) is 18.5 Å². The Labute approximate surface area is 143 Å². The molecule has 0 aromatic carbocycles. The van der Waals surface area contributed by atoms with Gasteiger partial charge in [-0.3, -0.25) is 14.4 Å². The van der Waals surface area contributed by atoms with Crippen molar-refractivity contribution in [3.8, 4) is 0 Å². The van der Waals surface area contributed by atoms with Gasteiger partial charge in [0.15, 0.2) is 0 Å². The van der Waals surface area contributed by atoms with Crippen LogP contribution in [0.3, 0.4) is 0 Å². The Morgan fingerprint density at radius 3 is 2.25 bits per heavy atom. The quantitative estimate of drug-likeness (QED) is 0.405. The molecule has 0 bridgehead atoms. The van der Waals surface area contributed by atoms with Gasteiger partial charge >= 0.3 is 5.97 Å². The molecule has 0 spiro atoms. The molecule has 138 valence electrons. The maximum absolute atomic E-state index is 12.2. The van der Waals surface area contributed by atoms with Crippen LogP contribution in [0.2, 0.25) is 0 Å². The van der Waals surface area contributed by atoms with Crippen molar-refractivity contribution in [3.63, 3.8) is 0 Å². The van der Waals surface area contributed by atoms with E-state index < -0.39 is 12.1 Å². The first-order chi connectivity index (χ1) is 11.1. The summed E-state index contributed by atoms with van der Waals surface area (Å²) in [7, 11) is 2.93. The summed E-state index contributed by atoms with van der Waals surface area (Å²) in [6.07, 6.45) is 1.85. The molecule has 0 aliphatic heterocycles. The number of carbonyl (C=O) groups is 3. The van der Waals surface area contributed by atoms with E-state index in [1.165, 1.54) is 13.3 Å². The van der Waals surface area contributed by atoms with Crippen molar-refractivity contribution in [3.05, 3.63) is 12.8 Å². The smallest absolute Gasteiger partial charge is 0.305 e. The van der Waals surface area contributed by atoms with Crippen molar-refractivity contribution < 1.29 is 19.1 Å². The summed E-state index contributed by atoms with van der Waals surface area (Å²) in [6.45, 7) is 9.27. The van der Waals surface area contributed by atoms with Crippen LogP contribution >= 0.6 is 0 Å². The average Bonchev–Trinajstić information content (AvgIpc) is 2.49. The third-order valence-electron chi connectivity index (χ3n) is 3.14. The lowest BCUT2D eigenvalue weighted by Crippen LogP contribution is -2.55. The van der Waals surface area contributed by atoms with Gasteiger partial charge in [0.1, 0.15) is 6.04 Å². The van der Waals surface area contributed by atoms with Crippen LogP contribution in [0.1, 0.15) is 33.6 Å². The normalized spacial score (nSPS) is 13.4. The Morgan fingerprint density at radius 1 is 1.17 bits per heavy atom. The summed E-state index contributed by atoms with van der Waals surface area (Å²) in [5.41, 5.74) is -0.379. The third-order valence-corrected chi connectivity index (χ3v) is 3.14. The number of nitrogens with one attached hydrogen (secondary N) is 4. The van der Waals surface area contributed by atoms with Gasteiger partial charge in [-0.15, -0.1) is 0 Å². The second-order valence-electron chi connectivity index (χ2n) is 6.36. The van der Waals surface area contributed by atoms with Gasteiger partial charge in [0.2, 0.25) is 11.8 Å². The number of esters is 1. The van der Waals surface area contributed by atoms with E-state index in [-0.39, 0.29) is 36.3 Å².